The fourth-order valence-corrected chi connectivity index (χ4v) is 2.45. The zero-order chi connectivity index (χ0) is 14.2. The van der Waals surface area contributed by atoms with Gasteiger partial charge in [0.05, 0.1) is 0 Å². The summed E-state index contributed by atoms with van der Waals surface area (Å²) in [6, 6.07) is 7.94. The Kier molecular flexibility index (Phi) is 3.77. The molecule has 1 unspecified atom stereocenters. The van der Waals surface area contributed by atoms with Crippen LogP contribution >= 0.6 is 11.6 Å². The van der Waals surface area contributed by atoms with E-state index in [1.165, 1.54) is 5.56 Å². The van der Waals surface area contributed by atoms with Crippen molar-refractivity contribution in [2.24, 2.45) is 5.92 Å². The number of nitrogens with one attached hydrogen (secondary N) is 1. The molecular weight excluding hydrogens is 262 g/mol. The second kappa shape index (κ2) is 5.04. The van der Waals surface area contributed by atoms with Crippen molar-refractivity contribution in [2.45, 2.75) is 45.3 Å². The van der Waals surface area contributed by atoms with Crippen LogP contribution in [0.25, 0.3) is 0 Å². The minimum absolute atomic E-state index is 0.149. The average molecular weight is 282 g/mol. The molecule has 1 fully saturated rings. The number of benzene rings is 1. The summed E-state index contributed by atoms with van der Waals surface area (Å²) >= 11 is 5.88. The maximum absolute atomic E-state index is 11.7. The van der Waals surface area contributed by atoms with Crippen molar-refractivity contribution in [1.29, 1.82) is 0 Å². The van der Waals surface area contributed by atoms with Gasteiger partial charge in [0.2, 0.25) is 0 Å². The van der Waals surface area contributed by atoms with Crippen molar-refractivity contribution in [3.05, 3.63) is 34.9 Å². The Labute approximate surface area is 119 Å². The largest absolute Gasteiger partial charge is 0.444 e. The molecule has 0 spiro atoms. The number of carbonyl (C=O) groups excluding carboxylic acids is 1. The molecule has 2 rings (SSSR count). The van der Waals surface area contributed by atoms with Gasteiger partial charge in [-0.2, -0.15) is 0 Å². The second-order valence-corrected chi connectivity index (χ2v) is 6.54. The first-order chi connectivity index (χ1) is 8.78. The lowest BCUT2D eigenvalue weighted by molar-refractivity contribution is 0.0520. The third-order valence-electron chi connectivity index (χ3n) is 3.32. The van der Waals surface area contributed by atoms with E-state index in [1.807, 2.05) is 45.0 Å². The summed E-state index contributed by atoms with van der Waals surface area (Å²) in [5.74, 6) is 0.776. The highest BCUT2D eigenvalue weighted by atomic mass is 35.5. The van der Waals surface area contributed by atoms with E-state index < -0.39 is 5.60 Å². The Bertz CT molecular complexity index is 464. The molecule has 1 aliphatic carbocycles. The number of carbonyl (C=O) groups is 1. The summed E-state index contributed by atoms with van der Waals surface area (Å²) in [4.78, 5) is 11.7. The monoisotopic (exact) mass is 281 g/mol. The summed E-state index contributed by atoms with van der Waals surface area (Å²) < 4.78 is 5.27. The van der Waals surface area contributed by atoms with E-state index >= 15 is 0 Å². The van der Waals surface area contributed by atoms with Crippen LogP contribution in [-0.4, -0.2) is 17.7 Å². The maximum atomic E-state index is 11.7. The molecule has 0 aromatic heterocycles. The third-order valence-corrected chi connectivity index (χ3v) is 3.57. The molecule has 1 aliphatic rings. The lowest BCUT2D eigenvalue weighted by Gasteiger charge is -2.19. The lowest BCUT2D eigenvalue weighted by atomic mass is 10.1. The molecule has 0 bridgehead atoms. The van der Waals surface area contributed by atoms with Crippen molar-refractivity contribution >= 4 is 17.7 Å². The van der Waals surface area contributed by atoms with Crippen LogP contribution in [-0.2, 0) is 4.74 Å². The molecule has 3 nitrogen and oxygen atoms in total. The predicted octanol–water partition coefficient (Wildman–Crippen LogP) is 3.97. The molecule has 0 radical (unpaired) electrons. The molecule has 3 atom stereocenters. The molecule has 0 aliphatic heterocycles. The number of hydrogen-bond acceptors (Lipinski definition) is 2. The normalized spacial score (nSPS) is 25.8. The predicted molar refractivity (Wildman–Crippen MR) is 76.5 cm³/mol. The van der Waals surface area contributed by atoms with Crippen LogP contribution in [0.5, 0.6) is 0 Å². The standard InChI is InChI=1S/C15H20ClNO2/c1-9-12(10-5-7-11(16)8-6-10)13(9)17-14(18)19-15(2,3)4/h5-9,12-13H,1-4H3,(H,17,18)/t9-,12?,13+/m0/s1. The lowest BCUT2D eigenvalue weighted by Crippen LogP contribution is -2.34. The molecule has 0 heterocycles. The van der Waals surface area contributed by atoms with Crippen molar-refractivity contribution in [3.8, 4) is 0 Å². The number of rotatable bonds is 2. The molecule has 1 aromatic rings. The van der Waals surface area contributed by atoms with Gasteiger partial charge in [-0.3, -0.25) is 0 Å². The van der Waals surface area contributed by atoms with Crippen molar-refractivity contribution in [3.63, 3.8) is 0 Å². The SMILES string of the molecule is C[C@H]1C(c2ccc(Cl)cc2)[C@@H]1NC(=O)OC(C)(C)C. The minimum atomic E-state index is -0.460. The molecule has 19 heavy (non-hydrogen) atoms. The van der Waals surface area contributed by atoms with Gasteiger partial charge in [0.15, 0.2) is 0 Å². The Morgan fingerprint density at radius 3 is 2.37 bits per heavy atom. The molecule has 104 valence electrons. The van der Waals surface area contributed by atoms with E-state index in [0.717, 1.165) is 5.02 Å². The van der Waals surface area contributed by atoms with E-state index in [-0.39, 0.29) is 12.1 Å². The van der Waals surface area contributed by atoms with Crippen LogP contribution in [0.3, 0.4) is 0 Å². The van der Waals surface area contributed by atoms with Crippen LogP contribution in [0.4, 0.5) is 4.79 Å². The van der Waals surface area contributed by atoms with Crippen molar-refractivity contribution < 1.29 is 9.53 Å². The molecule has 1 aromatic carbocycles. The first kappa shape index (κ1) is 14.2. The first-order valence-electron chi connectivity index (χ1n) is 6.53. The number of halogens is 1. The van der Waals surface area contributed by atoms with Gasteiger partial charge >= 0.3 is 6.09 Å². The van der Waals surface area contributed by atoms with Crippen LogP contribution in [0.1, 0.15) is 39.2 Å². The van der Waals surface area contributed by atoms with Gasteiger partial charge in [-0.15, -0.1) is 0 Å². The zero-order valence-corrected chi connectivity index (χ0v) is 12.5. The topological polar surface area (TPSA) is 38.3 Å². The van der Waals surface area contributed by atoms with E-state index in [2.05, 4.69) is 12.2 Å². The number of amides is 1. The summed E-state index contributed by atoms with van der Waals surface area (Å²) in [5, 5.41) is 3.66. The van der Waals surface area contributed by atoms with Crippen LogP contribution in [0, 0.1) is 5.92 Å². The molecular formula is C15H20ClNO2. The third kappa shape index (κ3) is 3.63. The Hall–Kier alpha value is -1.22. The summed E-state index contributed by atoms with van der Waals surface area (Å²) in [5.41, 5.74) is 0.746. The molecule has 1 amide bonds. The Morgan fingerprint density at radius 1 is 1.26 bits per heavy atom. The van der Waals surface area contributed by atoms with E-state index in [1.54, 1.807) is 0 Å². The molecule has 0 saturated heterocycles. The fourth-order valence-electron chi connectivity index (χ4n) is 2.32. The van der Waals surface area contributed by atoms with E-state index in [0.29, 0.717) is 11.8 Å². The van der Waals surface area contributed by atoms with Crippen LogP contribution < -0.4 is 5.32 Å². The van der Waals surface area contributed by atoms with Gasteiger partial charge in [0.25, 0.3) is 0 Å². The fraction of sp³-hybridized carbons (Fsp3) is 0.533. The quantitative estimate of drug-likeness (QED) is 0.891. The van der Waals surface area contributed by atoms with Gasteiger partial charge in [0.1, 0.15) is 5.60 Å². The van der Waals surface area contributed by atoms with Crippen molar-refractivity contribution in [2.75, 3.05) is 0 Å². The highest BCUT2D eigenvalue weighted by Crippen LogP contribution is 2.47. The number of alkyl carbamates (subject to hydrolysis) is 1. The van der Waals surface area contributed by atoms with E-state index in [9.17, 15) is 4.79 Å². The number of ether oxygens (including phenoxy) is 1. The van der Waals surface area contributed by atoms with Gasteiger partial charge in [-0.1, -0.05) is 30.7 Å². The summed E-state index contributed by atoms with van der Waals surface area (Å²) in [6.07, 6.45) is -0.346. The molecule has 1 saturated carbocycles. The van der Waals surface area contributed by atoms with Crippen molar-refractivity contribution in [1.82, 2.24) is 5.32 Å². The number of hydrogen-bond donors (Lipinski definition) is 1. The maximum Gasteiger partial charge on any atom is 0.407 e. The van der Waals surface area contributed by atoms with Gasteiger partial charge < -0.3 is 10.1 Å². The average Bonchev–Trinajstić information content (AvgIpc) is 2.87. The highest BCUT2D eigenvalue weighted by Gasteiger charge is 2.49. The molecule has 4 heteroatoms. The first-order valence-corrected chi connectivity index (χ1v) is 6.91. The summed E-state index contributed by atoms with van der Waals surface area (Å²) in [6.45, 7) is 7.71. The Balaban J connectivity index is 1.94. The zero-order valence-electron chi connectivity index (χ0n) is 11.7. The van der Waals surface area contributed by atoms with Gasteiger partial charge in [-0.25, -0.2) is 4.79 Å². The van der Waals surface area contributed by atoms with Gasteiger partial charge in [-0.05, 0) is 44.4 Å². The molecule has 1 N–H and O–H groups in total. The van der Waals surface area contributed by atoms with E-state index in [4.69, 9.17) is 16.3 Å². The minimum Gasteiger partial charge on any atom is -0.444 e. The highest BCUT2D eigenvalue weighted by molar-refractivity contribution is 6.30. The Morgan fingerprint density at radius 2 is 1.84 bits per heavy atom. The summed E-state index contributed by atoms with van der Waals surface area (Å²) in [7, 11) is 0. The smallest absolute Gasteiger partial charge is 0.407 e. The van der Waals surface area contributed by atoms with Crippen LogP contribution in [0.15, 0.2) is 24.3 Å². The second-order valence-electron chi connectivity index (χ2n) is 6.11. The van der Waals surface area contributed by atoms with Gasteiger partial charge in [0, 0.05) is 17.0 Å². The van der Waals surface area contributed by atoms with Crippen LogP contribution in [0.2, 0.25) is 5.02 Å².